The summed E-state index contributed by atoms with van der Waals surface area (Å²) in [5, 5.41) is 5.89. The molecule has 2 N–H and O–H groups in total. The van der Waals surface area contributed by atoms with Crippen LogP contribution in [-0.4, -0.2) is 88.5 Å². The van der Waals surface area contributed by atoms with Gasteiger partial charge in [-0.1, -0.05) is 0 Å². The molecule has 0 saturated heterocycles. The number of hydrogen-bond donors (Lipinski definition) is 2. The Kier molecular flexibility index (Phi) is 15.1. The second kappa shape index (κ2) is 18.2. The molecule has 2 amide bonds. The van der Waals surface area contributed by atoms with Gasteiger partial charge < -0.3 is 43.5 Å². The van der Waals surface area contributed by atoms with Crippen LogP contribution in [0.1, 0.15) is 64.7 Å². The average molecular weight is 623 g/mol. The summed E-state index contributed by atoms with van der Waals surface area (Å²) >= 11 is 0. The van der Waals surface area contributed by atoms with E-state index in [2.05, 4.69) is 10.6 Å². The minimum absolute atomic E-state index is 0.115. The molecule has 0 spiro atoms. The van der Waals surface area contributed by atoms with Crippen LogP contribution in [0.25, 0.3) is 11.0 Å². The molecular weight excluding hydrogens is 576 g/mol. The molecule has 1 aromatic carbocycles. The molecule has 246 valence electrons. The molecule has 0 aliphatic heterocycles. The Hall–Kier alpha value is -3.68. The number of nitrogens with one attached hydrogen (secondary N) is 2. The van der Waals surface area contributed by atoms with Crippen LogP contribution < -0.4 is 21.0 Å². The topological polar surface area (TPSA) is 161 Å². The molecule has 0 radical (unpaired) electrons. The Bertz CT molecular complexity index is 1260. The highest BCUT2D eigenvalue weighted by atomic mass is 16.6. The quantitative estimate of drug-likeness (QED) is 0.142. The maximum Gasteiger partial charge on any atom is 0.407 e. The zero-order chi connectivity index (χ0) is 32.6. The zero-order valence-electron chi connectivity index (χ0n) is 26.6. The lowest BCUT2D eigenvalue weighted by molar-refractivity contribution is -0.157. The maximum atomic E-state index is 12.5. The molecule has 1 heterocycles. The van der Waals surface area contributed by atoms with Crippen molar-refractivity contribution >= 4 is 28.9 Å². The molecule has 0 saturated carbocycles. The molecule has 0 unspecified atom stereocenters. The standard InChI is InChI=1S/C31H46N2O11/c1-30(2,3)43-26(34)21-41-23-10-9-22-19-24(28(36)42-25(22)20-23)27(35)32-11-7-13-38-15-17-40-18-16-39-14-8-12-33-29(37)44-31(4,5)6/h9-10,19-20H,7-8,11-18,21H2,1-6H3,(H,32,35)(H,33,37). The van der Waals surface area contributed by atoms with Crippen molar-refractivity contribution in [1.29, 1.82) is 0 Å². The number of carbonyl (C=O) groups is 3. The first kappa shape index (κ1) is 36.5. The molecule has 1 aromatic heterocycles. The van der Waals surface area contributed by atoms with Crippen LogP contribution in [0.4, 0.5) is 4.79 Å². The third-order valence-corrected chi connectivity index (χ3v) is 5.36. The molecule has 44 heavy (non-hydrogen) atoms. The minimum atomic E-state index is -0.783. The first-order valence-corrected chi connectivity index (χ1v) is 14.6. The number of amides is 2. The van der Waals surface area contributed by atoms with Gasteiger partial charge in [0.15, 0.2) is 6.61 Å². The number of carbonyl (C=O) groups excluding carboxylic acids is 3. The van der Waals surface area contributed by atoms with Crippen molar-refractivity contribution in [3.05, 3.63) is 40.2 Å². The molecule has 0 atom stereocenters. The summed E-state index contributed by atoms with van der Waals surface area (Å²) in [7, 11) is 0. The van der Waals surface area contributed by atoms with E-state index in [0.717, 1.165) is 0 Å². The summed E-state index contributed by atoms with van der Waals surface area (Å²) in [5.74, 6) is -0.746. The van der Waals surface area contributed by atoms with Crippen molar-refractivity contribution in [2.24, 2.45) is 0 Å². The van der Waals surface area contributed by atoms with Crippen LogP contribution in [0, 0.1) is 0 Å². The lowest BCUT2D eigenvalue weighted by Crippen LogP contribution is -2.33. The molecule has 2 aromatic rings. The van der Waals surface area contributed by atoms with E-state index in [9.17, 15) is 19.2 Å². The van der Waals surface area contributed by atoms with Crippen LogP contribution in [0.5, 0.6) is 5.75 Å². The van der Waals surface area contributed by atoms with Gasteiger partial charge in [-0.05, 0) is 72.6 Å². The van der Waals surface area contributed by atoms with Crippen molar-refractivity contribution < 1.29 is 47.2 Å². The molecule has 13 heteroatoms. The van der Waals surface area contributed by atoms with Gasteiger partial charge in [0, 0.05) is 37.8 Å². The second-order valence-corrected chi connectivity index (χ2v) is 11.8. The summed E-state index contributed by atoms with van der Waals surface area (Å²) in [5.41, 5.74) is -1.82. The smallest absolute Gasteiger partial charge is 0.407 e. The number of hydrogen-bond acceptors (Lipinski definition) is 11. The highest BCUT2D eigenvalue weighted by molar-refractivity contribution is 5.96. The third kappa shape index (κ3) is 15.7. The Morgan fingerprint density at radius 2 is 1.32 bits per heavy atom. The number of fused-ring (bicyclic) bond motifs is 1. The first-order chi connectivity index (χ1) is 20.7. The maximum absolute atomic E-state index is 12.5. The summed E-state index contributed by atoms with van der Waals surface area (Å²) in [4.78, 5) is 48.3. The Morgan fingerprint density at radius 3 is 1.91 bits per heavy atom. The fourth-order valence-corrected chi connectivity index (χ4v) is 3.54. The molecule has 0 bridgehead atoms. The Balaban J connectivity index is 1.55. The number of esters is 1. The molecule has 0 fully saturated rings. The predicted molar refractivity (Wildman–Crippen MR) is 162 cm³/mol. The van der Waals surface area contributed by atoms with Gasteiger partial charge in [0.05, 0.1) is 26.4 Å². The Labute approximate surface area is 257 Å². The molecule has 13 nitrogen and oxygen atoms in total. The molecular formula is C31H46N2O11. The largest absolute Gasteiger partial charge is 0.482 e. The zero-order valence-corrected chi connectivity index (χ0v) is 26.6. The van der Waals surface area contributed by atoms with Crippen molar-refractivity contribution in [3.63, 3.8) is 0 Å². The van der Waals surface area contributed by atoms with Gasteiger partial charge in [0.2, 0.25) is 0 Å². The normalized spacial score (nSPS) is 11.7. The van der Waals surface area contributed by atoms with Crippen LogP contribution in [0.2, 0.25) is 0 Å². The summed E-state index contributed by atoms with van der Waals surface area (Å²) < 4.78 is 37.5. The highest BCUT2D eigenvalue weighted by Gasteiger charge is 2.18. The number of ether oxygens (including phenoxy) is 6. The monoisotopic (exact) mass is 622 g/mol. The fourth-order valence-electron chi connectivity index (χ4n) is 3.54. The third-order valence-electron chi connectivity index (χ3n) is 5.36. The van der Waals surface area contributed by atoms with Crippen LogP contribution in [0.15, 0.2) is 33.5 Å². The lowest BCUT2D eigenvalue weighted by atomic mass is 10.1. The summed E-state index contributed by atoms with van der Waals surface area (Å²) in [6, 6.07) is 6.17. The van der Waals surface area contributed by atoms with Crippen molar-refractivity contribution in [2.75, 3.05) is 59.3 Å². The first-order valence-electron chi connectivity index (χ1n) is 14.6. The number of rotatable bonds is 18. The molecule has 2 rings (SSSR count). The van der Waals surface area contributed by atoms with Gasteiger partial charge in [-0.15, -0.1) is 0 Å². The van der Waals surface area contributed by atoms with Crippen molar-refractivity contribution in [1.82, 2.24) is 10.6 Å². The van der Waals surface area contributed by atoms with E-state index in [1.165, 1.54) is 12.1 Å². The summed E-state index contributed by atoms with van der Waals surface area (Å²) in [6.07, 6.45) is 0.769. The predicted octanol–water partition coefficient (Wildman–Crippen LogP) is 3.60. The minimum Gasteiger partial charge on any atom is -0.482 e. The van der Waals surface area contributed by atoms with Crippen LogP contribution >= 0.6 is 0 Å². The fraction of sp³-hybridized carbons (Fsp3) is 0.613. The highest BCUT2D eigenvalue weighted by Crippen LogP contribution is 2.21. The van der Waals surface area contributed by atoms with E-state index in [-0.39, 0.29) is 17.8 Å². The number of benzene rings is 1. The van der Waals surface area contributed by atoms with E-state index in [4.69, 9.17) is 32.8 Å². The second-order valence-electron chi connectivity index (χ2n) is 11.8. The van der Waals surface area contributed by atoms with Crippen molar-refractivity contribution in [2.45, 2.75) is 65.6 Å². The lowest BCUT2D eigenvalue weighted by Gasteiger charge is -2.19. The SMILES string of the molecule is CC(C)(C)OC(=O)COc1ccc2cc(C(=O)NCCCOCCOCCOCCCNC(=O)OC(C)(C)C)c(=O)oc2c1. The van der Waals surface area contributed by atoms with Crippen LogP contribution in [0.3, 0.4) is 0 Å². The molecule has 0 aliphatic carbocycles. The van der Waals surface area contributed by atoms with E-state index in [0.29, 0.717) is 76.7 Å². The average Bonchev–Trinajstić information content (AvgIpc) is 2.91. The van der Waals surface area contributed by atoms with Gasteiger partial charge in [-0.2, -0.15) is 0 Å². The van der Waals surface area contributed by atoms with Gasteiger partial charge in [-0.25, -0.2) is 14.4 Å². The van der Waals surface area contributed by atoms with E-state index >= 15 is 0 Å². The summed E-state index contributed by atoms with van der Waals surface area (Å²) in [6.45, 7) is 13.8. The number of alkyl carbamates (subject to hydrolysis) is 1. The van der Waals surface area contributed by atoms with E-state index in [1.807, 2.05) is 20.8 Å². The van der Waals surface area contributed by atoms with Gasteiger partial charge in [0.25, 0.3) is 5.91 Å². The van der Waals surface area contributed by atoms with E-state index < -0.39 is 34.8 Å². The van der Waals surface area contributed by atoms with Crippen LogP contribution in [-0.2, 0) is 28.5 Å². The van der Waals surface area contributed by atoms with Gasteiger partial charge >= 0.3 is 17.7 Å². The van der Waals surface area contributed by atoms with E-state index in [1.54, 1.807) is 32.9 Å². The molecule has 0 aliphatic rings. The Morgan fingerprint density at radius 1 is 0.750 bits per heavy atom. The van der Waals surface area contributed by atoms with Gasteiger partial charge in [-0.3, -0.25) is 4.79 Å². The van der Waals surface area contributed by atoms with Crippen molar-refractivity contribution in [3.8, 4) is 5.75 Å². The van der Waals surface area contributed by atoms with Gasteiger partial charge in [0.1, 0.15) is 28.1 Å².